The largest absolute Gasteiger partial charge is 0.489 e. The lowest BCUT2D eigenvalue weighted by atomic mass is 9.94. The van der Waals surface area contributed by atoms with Crippen LogP contribution < -0.4 is 4.74 Å². The van der Waals surface area contributed by atoms with Gasteiger partial charge in [-0.3, -0.25) is 0 Å². The third kappa shape index (κ3) is 4.19. The van der Waals surface area contributed by atoms with E-state index in [4.69, 9.17) is 4.74 Å². The van der Waals surface area contributed by atoms with Crippen molar-refractivity contribution in [3.63, 3.8) is 0 Å². The van der Waals surface area contributed by atoms with Crippen molar-refractivity contribution in [2.45, 2.75) is 26.4 Å². The van der Waals surface area contributed by atoms with Crippen LogP contribution in [0, 0.1) is 0 Å². The number of rotatable bonds is 6. The van der Waals surface area contributed by atoms with E-state index < -0.39 is 0 Å². The number of ether oxygens (including phenoxy) is 1. The molecule has 0 spiro atoms. The zero-order chi connectivity index (χ0) is 17.6. The molecule has 0 aliphatic heterocycles. The highest BCUT2D eigenvalue weighted by molar-refractivity contribution is 5.76. The minimum absolute atomic E-state index is 0.504. The predicted octanol–water partition coefficient (Wildman–Crippen LogP) is 6.70. The lowest BCUT2D eigenvalue weighted by Gasteiger charge is -2.13. The maximum absolute atomic E-state index is 6.00. The minimum Gasteiger partial charge on any atom is -0.489 e. The van der Waals surface area contributed by atoms with Crippen LogP contribution in [0.3, 0.4) is 0 Å². The molecule has 3 aromatic rings. The van der Waals surface area contributed by atoms with E-state index in [1.807, 2.05) is 30.3 Å². The Morgan fingerprint density at radius 1 is 0.920 bits per heavy atom. The number of hydrogen-bond donors (Lipinski definition) is 0. The Balaban J connectivity index is 1.90. The standard InChI is InChI=1S/C24H24O/c1-4-20-13-14-23(25-17-19-9-6-5-7-10-19)16-24(20)22-12-8-11-21(15-22)18(2)3/h4-16,18H,1,17H2,2-3H3. The van der Waals surface area contributed by atoms with Gasteiger partial charge in [0.2, 0.25) is 0 Å². The van der Waals surface area contributed by atoms with Gasteiger partial charge in [-0.1, -0.05) is 87.2 Å². The zero-order valence-corrected chi connectivity index (χ0v) is 14.9. The second kappa shape index (κ2) is 7.85. The fraction of sp³-hybridized carbons (Fsp3) is 0.167. The third-order valence-electron chi connectivity index (χ3n) is 4.36. The molecule has 0 amide bonds. The summed E-state index contributed by atoms with van der Waals surface area (Å²) in [6.45, 7) is 8.96. The van der Waals surface area contributed by atoms with E-state index >= 15 is 0 Å². The van der Waals surface area contributed by atoms with Crippen molar-refractivity contribution in [3.8, 4) is 16.9 Å². The summed E-state index contributed by atoms with van der Waals surface area (Å²) in [5.74, 6) is 1.38. The molecular weight excluding hydrogens is 304 g/mol. The summed E-state index contributed by atoms with van der Waals surface area (Å²) >= 11 is 0. The van der Waals surface area contributed by atoms with Crippen LogP contribution in [0.4, 0.5) is 0 Å². The van der Waals surface area contributed by atoms with Crippen LogP contribution >= 0.6 is 0 Å². The molecule has 1 heteroatoms. The highest BCUT2D eigenvalue weighted by Gasteiger charge is 2.08. The van der Waals surface area contributed by atoms with Crippen LogP contribution in [-0.4, -0.2) is 0 Å². The molecule has 0 aliphatic rings. The third-order valence-corrected chi connectivity index (χ3v) is 4.36. The van der Waals surface area contributed by atoms with Crippen LogP contribution in [0.25, 0.3) is 17.2 Å². The molecule has 0 N–H and O–H groups in total. The van der Waals surface area contributed by atoms with E-state index in [0.717, 1.165) is 16.9 Å². The molecule has 0 unspecified atom stereocenters. The summed E-state index contributed by atoms with van der Waals surface area (Å²) in [6.07, 6.45) is 1.90. The summed E-state index contributed by atoms with van der Waals surface area (Å²) in [7, 11) is 0. The van der Waals surface area contributed by atoms with Gasteiger partial charge in [-0.2, -0.15) is 0 Å². The topological polar surface area (TPSA) is 9.23 Å². The maximum atomic E-state index is 6.00. The number of hydrogen-bond acceptors (Lipinski definition) is 1. The Morgan fingerprint density at radius 3 is 2.44 bits per heavy atom. The van der Waals surface area contributed by atoms with Gasteiger partial charge in [0.05, 0.1) is 0 Å². The predicted molar refractivity (Wildman–Crippen MR) is 107 cm³/mol. The molecule has 1 nitrogen and oxygen atoms in total. The summed E-state index contributed by atoms with van der Waals surface area (Å²) in [4.78, 5) is 0. The quantitative estimate of drug-likeness (QED) is 0.489. The molecule has 0 bridgehead atoms. The van der Waals surface area contributed by atoms with Gasteiger partial charge in [-0.25, -0.2) is 0 Å². The normalized spacial score (nSPS) is 10.7. The molecule has 0 atom stereocenters. The molecule has 0 aromatic heterocycles. The molecule has 0 saturated carbocycles. The van der Waals surface area contributed by atoms with Gasteiger partial charge in [0.25, 0.3) is 0 Å². The molecular formula is C24H24O. The molecule has 0 fully saturated rings. The van der Waals surface area contributed by atoms with E-state index in [-0.39, 0.29) is 0 Å². The molecule has 3 rings (SSSR count). The van der Waals surface area contributed by atoms with Crippen LogP contribution in [0.1, 0.15) is 36.5 Å². The second-order valence-electron chi connectivity index (χ2n) is 6.51. The average molecular weight is 328 g/mol. The molecule has 0 aliphatic carbocycles. The van der Waals surface area contributed by atoms with Gasteiger partial charge in [0, 0.05) is 0 Å². The SMILES string of the molecule is C=Cc1ccc(OCc2ccccc2)cc1-c1cccc(C(C)C)c1. The van der Waals surface area contributed by atoms with Crippen molar-refractivity contribution in [2.24, 2.45) is 0 Å². The van der Waals surface area contributed by atoms with Crippen LogP contribution in [0.5, 0.6) is 5.75 Å². The van der Waals surface area contributed by atoms with E-state index in [9.17, 15) is 0 Å². The van der Waals surface area contributed by atoms with Crippen LogP contribution in [-0.2, 0) is 6.61 Å². The van der Waals surface area contributed by atoms with Crippen LogP contribution in [0.15, 0.2) is 79.4 Å². The van der Waals surface area contributed by atoms with E-state index in [2.05, 4.69) is 69.0 Å². The Hall–Kier alpha value is -2.80. The fourth-order valence-corrected chi connectivity index (χ4v) is 2.86. The van der Waals surface area contributed by atoms with Crippen LogP contribution in [0.2, 0.25) is 0 Å². The van der Waals surface area contributed by atoms with Crippen molar-refractivity contribution in [1.29, 1.82) is 0 Å². The van der Waals surface area contributed by atoms with Gasteiger partial charge >= 0.3 is 0 Å². The van der Waals surface area contributed by atoms with Crippen molar-refractivity contribution >= 4 is 6.08 Å². The van der Waals surface area contributed by atoms with Gasteiger partial charge in [0.15, 0.2) is 0 Å². The zero-order valence-electron chi connectivity index (χ0n) is 14.9. The van der Waals surface area contributed by atoms with Crippen molar-refractivity contribution in [1.82, 2.24) is 0 Å². The first-order valence-corrected chi connectivity index (χ1v) is 8.71. The Bertz CT molecular complexity index is 847. The smallest absolute Gasteiger partial charge is 0.120 e. The first kappa shape index (κ1) is 17.0. The van der Waals surface area contributed by atoms with E-state index in [1.165, 1.54) is 16.7 Å². The Kier molecular flexibility index (Phi) is 5.35. The summed E-state index contributed by atoms with van der Waals surface area (Å²) in [5.41, 5.74) is 5.98. The second-order valence-corrected chi connectivity index (χ2v) is 6.51. The van der Waals surface area contributed by atoms with Crippen molar-refractivity contribution in [2.75, 3.05) is 0 Å². The van der Waals surface area contributed by atoms with Gasteiger partial charge in [-0.05, 0) is 45.9 Å². The molecule has 0 heterocycles. The maximum Gasteiger partial charge on any atom is 0.120 e. The summed E-state index contributed by atoms with van der Waals surface area (Å²) in [5, 5.41) is 0. The monoisotopic (exact) mass is 328 g/mol. The minimum atomic E-state index is 0.504. The molecule has 3 aromatic carbocycles. The molecule has 25 heavy (non-hydrogen) atoms. The van der Waals surface area contributed by atoms with E-state index in [1.54, 1.807) is 0 Å². The lowest BCUT2D eigenvalue weighted by molar-refractivity contribution is 0.306. The average Bonchev–Trinajstić information content (AvgIpc) is 2.67. The van der Waals surface area contributed by atoms with E-state index in [0.29, 0.717) is 12.5 Å². The Morgan fingerprint density at radius 2 is 1.72 bits per heavy atom. The van der Waals surface area contributed by atoms with Gasteiger partial charge in [-0.15, -0.1) is 0 Å². The van der Waals surface area contributed by atoms with Crippen molar-refractivity contribution in [3.05, 3.63) is 96.1 Å². The molecule has 0 saturated heterocycles. The van der Waals surface area contributed by atoms with Gasteiger partial charge in [0.1, 0.15) is 12.4 Å². The summed E-state index contributed by atoms with van der Waals surface area (Å²) in [6, 6.07) is 25.1. The Labute approximate surface area is 150 Å². The molecule has 0 radical (unpaired) electrons. The highest BCUT2D eigenvalue weighted by Crippen LogP contribution is 2.31. The molecule has 126 valence electrons. The highest BCUT2D eigenvalue weighted by atomic mass is 16.5. The number of benzene rings is 3. The van der Waals surface area contributed by atoms with Gasteiger partial charge < -0.3 is 4.74 Å². The first-order valence-electron chi connectivity index (χ1n) is 8.71. The first-order chi connectivity index (χ1) is 12.2. The summed E-state index contributed by atoms with van der Waals surface area (Å²) < 4.78 is 6.00. The lowest BCUT2D eigenvalue weighted by Crippen LogP contribution is -1.96. The van der Waals surface area contributed by atoms with Crippen molar-refractivity contribution < 1.29 is 4.74 Å². The fourth-order valence-electron chi connectivity index (χ4n) is 2.86.